The van der Waals surface area contributed by atoms with E-state index in [2.05, 4.69) is 184 Å². The molecule has 0 aliphatic heterocycles. The lowest BCUT2D eigenvalue weighted by atomic mass is 9.88. The summed E-state index contributed by atoms with van der Waals surface area (Å²) in [6, 6.07) is 54.9. The first-order chi connectivity index (χ1) is 26.8. The molecule has 0 fully saturated rings. The summed E-state index contributed by atoms with van der Waals surface area (Å²) < 4.78 is 0. The zero-order valence-electron chi connectivity index (χ0n) is 29.6. The number of benzene rings is 7. The normalized spacial score (nSPS) is 13.9. The maximum absolute atomic E-state index is 4.65. The van der Waals surface area contributed by atoms with Gasteiger partial charge in [0.1, 0.15) is 0 Å². The number of pyridine rings is 2. The molecule has 1 aliphatic rings. The second-order valence-electron chi connectivity index (χ2n) is 13.8. The van der Waals surface area contributed by atoms with Crippen LogP contribution in [0.4, 0.5) is 28.4 Å². The summed E-state index contributed by atoms with van der Waals surface area (Å²) in [5.74, 6) is 0. The largest absolute Gasteiger partial charge is 0.332 e. The second kappa shape index (κ2) is 13.5. The number of hydrogen-bond donors (Lipinski definition) is 0. The molecule has 54 heavy (non-hydrogen) atoms. The van der Waals surface area contributed by atoms with Crippen LogP contribution < -0.4 is 9.80 Å². The van der Waals surface area contributed by atoms with Gasteiger partial charge in [-0.05, 0) is 93.7 Å². The molecule has 0 bridgehead atoms. The molecule has 9 aromatic rings. The molecule has 0 amide bonds. The molecular formula is C50H36N4. The Morgan fingerprint density at radius 3 is 1.78 bits per heavy atom. The lowest BCUT2D eigenvalue weighted by Gasteiger charge is -2.36. The van der Waals surface area contributed by atoms with Crippen LogP contribution in [0.3, 0.4) is 0 Å². The third-order valence-electron chi connectivity index (χ3n) is 10.6. The molecule has 0 spiro atoms. The molecule has 0 radical (unpaired) electrons. The number of para-hydroxylation sites is 1. The molecule has 7 aromatic carbocycles. The van der Waals surface area contributed by atoms with Crippen LogP contribution in [0.15, 0.2) is 201 Å². The van der Waals surface area contributed by atoms with Crippen molar-refractivity contribution in [2.75, 3.05) is 9.80 Å². The van der Waals surface area contributed by atoms with E-state index in [1.807, 2.05) is 36.9 Å². The van der Waals surface area contributed by atoms with Crippen LogP contribution >= 0.6 is 0 Å². The molecule has 4 heteroatoms. The fraction of sp³-hybridized carbons (Fsp3) is 0.0400. The Hall–Kier alpha value is -7.04. The van der Waals surface area contributed by atoms with Gasteiger partial charge in [0.05, 0.1) is 41.2 Å². The van der Waals surface area contributed by atoms with Gasteiger partial charge in [-0.25, -0.2) is 0 Å². The first kappa shape index (κ1) is 31.7. The molecule has 2 aromatic heterocycles. The van der Waals surface area contributed by atoms with E-state index in [4.69, 9.17) is 0 Å². The highest BCUT2D eigenvalue weighted by Crippen LogP contribution is 2.52. The zero-order valence-corrected chi connectivity index (χ0v) is 29.6. The van der Waals surface area contributed by atoms with Gasteiger partial charge >= 0.3 is 0 Å². The summed E-state index contributed by atoms with van der Waals surface area (Å²) in [5, 5.41) is 9.52. The predicted molar refractivity (Wildman–Crippen MR) is 227 cm³/mol. The van der Waals surface area contributed by atoms with Gasteiger partial charge < -0.3 is 9.80 Å². The standard InChI is InChI=1S/C50H36N4/c1-4-16-35(17-5-1)44-30-36-18-10-11-25-41(36)45-31-47-48(32-46(44)45)50(54(38-21-8-3-9-22-38)40-24-15-29-52-34-40)43-27-13-12-26-42(43)49(47)53(37-19-6-2-7-20-37)39-23-14-28-51-33-39/h1-21,23-34,38H,22H2. The van der Waals surface area contributed by atoms with Crippen LogP contribution in [0, 0.1) is 0 Å². The minimum Gasteiger partial charge on any atom is -0.332 e. The van der Waals surface area contributed by atoms with Crippen molar-refractivity contribution in [1.82, 2.24) is 9.97 Å². The Labute approximate surface area is 314 Å². The van der Waals surface area contributed by atoms with Gasteiger partial charge in [-0.1, -0.05) is 121 Å². The lowest BCUT2D eigenvalue weighted by Crippen LogP contribution is -2.30. The zero-order chi connectivity index (χ0) is 35.8. The Kier molecular flexibility index (Phi) is 7.92. The summed E-state index contributed by atoms with van der Waals surface area (Å²) in [6.45, 7) is 0. The van der Waals surface area contributed by atoms with E-state index >= 15 is 0 Å². The van der Waals surface area contributed by atoms with Crippen LogP contribution in [-0.2, 0) is 0 Å². The first-order valence-corrected chi connectivity index (χ1v) is 18.5. The Morgan fingerprint density at radius 1 is 0.463 bits per heavy atom. The van der Waals surface area contributed by atoms with E-state index in [-0.39, 0.29) is 6.04 Å². The highest BCUT2D eigenvalue weighted by Gasteiger charge is 2.28. The van der Waals surface area contributed by atoms with E-state index in [0.29, 0.717) is 0 Å². The summed E-state index contributed by atoms with van der Waals surface area (Å²) in [4.78, 5) is 14.2. The lowest BCUT2D eigenvalue weighted by molar-refractivity contribution is 0.788. The van der Waals surface area contributed by atoms with Crippen molar-refractivity contribution < 1.29 is 0 Å². The number of aromatic nitrogens is 2. The smallest absolute Gasteiger partial charge is 0.0645 e. The Bertz CT molecular complexity index is 2810. The van der Waals surface area contributed by atoms with Crippen molar-refractivity contribution in [3.63, 3.8) is 0 Å². The molecule has 256 valence electrons. The number of hydrogen-bond acceptors (Lipinski definition) is 4. The molecule has 0 saturated carbocycles. The topological polar surface area (TPSA) is 32.3 Å². The summed E-state index contributed by atoms with van der Waals surface area (Å²) >= 11 is 0. The number of rotatable bonds is 7. The highest BCUT2D eigenvalue weighted by molar-refractivity contribution is 6.27. The quantitative estimate of drug-likeness (QED) is 0.0945. The number of fused-ring (bicyclic) bond motifs is 5. The molecule has 1 aliphatic carbocycles. The summed E-state index contributed by atoms with van der Waals surface area (Å²) in [5.41, 5.74) is 7.80. The molecule has 0 saturated heterocycles. The maximum Gasteiger partial charge on any atom is 0.0645 e. The van der Waals surface area contributed by atoms with Crippen LogP contribution in [0.25, 0.3) is 54.2 Å². The second-order valence-corrected chi connectivity index (χ2v) is 13.8. The summed E-state index contributed by atoms with van der Waals surface area (Å²) in [7, 11) is 0. The summed E-state index contributed by atoms with van der Waals surface area (Å²) in [6.07, 6.45) is 17.4. The number of allylic oxidation sites excluding steroid dienone is 2. The van der Waals surface area contributed by atoms with Crippen LogP contribution in [0.5, 0.6) is 0 Å². The van der Waals surface area contributed by atoms with E-state index in [1.54, 1.807) is 0 Å². The fourth-order valence-electron chi connectivity index (χ4n) is 8.29. The van der Waals surface area contributed by atoms with Gasteiger partial charge in [-0.15, -0.1) is 0 Å². The van der Waals surface area contributed by atoms with Crippen molar-refractivity contribution in [1.29, 1.82) is 0 Å². The molecule has 4 nitrogen and oxygen atoms in total. The molecule has 0 N–H and O–H groups in total. The van der Waals surface area contributed by atoms with Gasteiger partial charge in [-0.3, -0.25) is 9.97 Å². The van der Waals surface area contributed by atoms with Crippen molar-refractivity contribution in [2.45, 2.75) is 12.5 Å². The van der Waals surface area contributed by atoms with Gasteiger partial charge in [-0.2, -0.15) is 0 Å². The van der Waals surface area contributed by atoms with Crippen LogP contribution in [-0.4, -0.2) is 16.0 Å². The van der Waals surface area contributed by atoms with Gasteiger partial charge in [0.25, 0.3) is 0 Å². The number of anilines is 5. The van der Waals surface area contributed by atoms with E-state index in [9.17, 15) is 0 Å². The van der Waals surface area contributed by atoms with Gasteiger partial charge in [0, 0.05) is 39.6 Å². The van der Waals surface area contributed by atoms with Crippen molar-refractivity contribution >= 4 is 71.5 Å². The Balaban J connectivity index is 1.43. The van der Waals surface area contributed by atoms with Gasteiger partial charge in [0.2, 0.25) is 0 Å². The minimum atomic E-state index is 0.0844. The average Bonchev–Trinajstić information content (AvgIpc) is 3.25. The predicted octanol–water partition coefficient (Wildman–Crippen LogP) is 13.2. The van der Waals surface area contributed by atoms with Crippen LogP contribution in [0.1, 0.15) is 6.42 Å². The monoisotopic (exact) mass is 692 g/mol. The van der Waals surface area contributed by atoms with E-state index in [1.165, 1.54) is 38.1 Å². The van der Waals surface area contributed by atoms with Crippen molar-refractivity contribution in [3.8, 4) is 11.1 Å². The number of nitrogens with zero attached hydrogens (tertiary/aromatic N) is 4. The molecule has 10 rings (SSSR count). The highest BCUT2D eigenvalue weighted by atomic mass is 15.2. The van der Waals surface area contributed by atoms with Crippen LogP contribution in [0.2, 0.25) is 0 Å². The first-order valence-electron chi connectivity index (χ1n) is 18.5. The molecule has 1 atom stereocenters. The Morgan fingerprint density at radius 2 is 1.07 bits per heavy atom. The molecular weight excluding hydrogens is 657 g/mol. The fourth-order valence-corrected chi connectivity index (χ4v) is 8.29. The molecule has 1 unspecified atom stereocenters. The average molecular weight is 693 g/mol. The molecule has 2 heterocycles. The maximum atomic E-state index is 4.65. The SMILES string of the molecule is C1=CCC(N(c2cccnc2)c2c3ccccc3c(N(c3ccccc3)c3cccnc3)c3cc4c(cc23)c(-c2ccccc2)cc2ccccc24)C=C1. The minimum absolute atomic E-state index is 0.0844. The third-order valence-corrected chi connectivity index (χ3v) is 10.6. The van der Waals surface area contributed by atoms with Gasteiger partial charge in [0.15, 0.2) is 0 Å². The third kappa shape index (κ3) is 5.39. The van der Waals surface area contributed by atoms with Crippen molar-refractivity contribution in [2.24, 2.45) is 0 Å². The van der Waals surface area contributed by atoms with Crippen molar-refractivity contribution in [3.05, 3.63) is 201 Å². The van der Waals surface area contributed by atoms with E-state index in [0.717, 1.165) is 51.0 Å². The van der Waals surface area contributed by atoms with E-state index < -0.39 is 0 Å².